The minimum atomic E-state index is -0.686. The quantitative estimate of drug-likeness (QED) is 0.608. The number of hydrogen-bond donors (Lipinski definition) is 1. The minimum absolute atomic E-state index is 0.00417. The molecule has 168 valence electrons. The third kappa shape index (κ3) is 6.45. The van der Waals surface area contributed by atoms with Crippen LogP contribution in [0.1, 0.15) is 65.7 Å². The predicted molar refractivity (Wildman–Crippen MR) is 122 cm³/mol. The lowest BCUT2D eigenvalue weighted by atomic mass is 9.78. The van der Waals surface area contributed by atoms with E-state index in [2.05, 4.69) is 31.0 Å². The molecule has 2 fully saturated rings. The van der Waals surface area contributed by atoms with Gasteiger partial charge in [-0.15, -0.1) is 0 Å². The first-order chi connectivity index (χ1) is 14.5. The molecule has 5 nitrogen and oxygen atoms in total. The summed E-state index contributed by atoms with van der Waals surface area (Å²) in [7, 11) is 0. The van der Waals surface area contributed by atoms with Gasteiger partial charge in [0, 0.05) is 18.8 Å². The number of piperidine rings is 1. The van der Waals surface area contributed by atoms with Crippen molar-refractivity contribution in [1.82, 2.24) is 4.90 Å². The third-order valence-corrected chi connectivity index (χ3v) is 6.62. The van der Waals surface area contributed by atoms with Crippen molar-refractivity contribution >= 4 is 11.6 Å². The Morgan fingerprint density at radius 1 is 1.10 bits per heavy atom. The molecule has 0 bridgehead atoms. The lowest BCUT2D eigenvalue weighted by Crippen LogP contribution is -2.48. The van der Waals surface area contributed by atoms with Gasteiger partial charge in [-0.05, 0) is 87.7 Å². The van der Waals surface area contributed by atoms with Gasteiger partial charge in [0.15, 0.2) is 0 Å². The Labute approximate surface area is 182 Å². The normalized spacial score (nSPS) is 25.8. The van der Waals surface area contributed by atoms with Gasteiger partial charge in [0.25, 0.3) is 5.91 Å². The van der Waals surface area contributed by atoms with Crippen LogP contribution < -0.4 is 10.1 Å². The van der Waals surface area contributed by atoms with Gasteiger partial charge in [-0.2, -0.15) is 0 Å². The fourth-order valence-electron chi connectivity index (χ4n) is 4.66. The number of nitrogens with zero attached hydrogens (tertiary/aromatic N) is 1. The van der Waals surface area contributed by atoms with E-state index in [4.69, 9.17) is 9.47 Å². The third-order valence-electron chi connectivity index (χ3n) is 6.62. The van der Waals surface area contributed by atoms with Crippen molar-refractivity contribution in [3.8, 4) is 5.75 Å². The molecule has 1 saturated heterocycles. The summed E-state index contributed by atoms with van der Waals surface area (Å²) in [6, 6.07) is 7.74. The monoisotopic (exact) mass is 416 g/mol. The standard InChI is InChI=1S/C25H40N2O3/c1-4-17-30-25(13-5-6-21(3)19-25)24(28)26-22-7-9-23(10-8-22)29-18-16-27-14-11-20(2)12-15-27/h7-10,20-21H,4-6,11-19H2,1-3H3,(H,26,28)/t21-,25-/m0/s1. The van der Waals surface area contributed by atoms with Crippen molar-refractivity contribution in [3.63, 3.8) is 0 Å². The molecule has 1 N–H and O–H groups in total. The van der Waals surface area contributed by atoms with Gasteiger partial charge in [-0.25, -0.2) is 0 Å². The Kier molecular flexibility index (Phi) is 8.58. The smallest absolute Gasteiger partial charge is 0.256 e. The first kappa shape index (κ1) is 23.1. The van der Waals surface area contributed by atoms with E-state index in [1.54, 1.807) is 0 Å². The summed E-state index contributed by atoms with van der Waals surface area (Å²) in [6.07, 6.45) is 7.32. The zero-order valence-electron chi connectivity index (χ0n) is 19.1. The lowest BCUT2D eigenvalue weighted by Gasteiger charge is -2.38. The van der Waals surface area contributed by atoms with Gasteiger partial charge in [0.2, 0.25) is 0 Å². The van der Waals surface area contributed by atoms with Gasteiger partial charge in [0.1, 0.15) is 18.0 Å². The van der Waals surface area contributed by atoms with Gasteiger partial charge in [0.05, 0.1) is 0 Å². The van der Waals surface area contributed by atoms with E-state index in [1.165, 1.54) is 32.4 Å². The first-order valence-corrected chi connectivity index (χ1v) is 11.9. The molecule has 1 aliphatic carbocycles. The number of amides is 1. The molecule has 5 heteroatoms. The Hall–Kier alpha value is -1.59. The molecule has 1 saturated carbocycles. The molecule has 0 aromatic heterocycles. The van der Waals surface area contributed by atoms with Crippen molar-refractivity contribution in [1.29, 1.82) is 0 Å². The molecule has 2 aliphatic rings. The zero-order chi connectivity index (χ0) is 21.4. The Bertz CT molecular complexity index is 655. The summed E-state index contributed by atoms with van der Waals surface area (Å²) >= 11 is 0. The number of ether oxygens (including phenoxy) is 2. The number of carbonyl (C=O) groups excluding carboxylic acids is 1. The average Bonchev–Trinajstić information content (AvgIpc) is 2.75. The van der Waals surface area contributed by atoms with Crippen molar-refractivity contribution in [2.75, 3.05) is 38.2 Å². The molecule has 30 heavy (non-hydrogen) atoms. The molecule has 1 heterocycles. The summed E-state index contributed by atoms with van der Waals surface area (Å²) in [5.41, 5.74) is 0.115. The van der Waals surface area contributed by atoms with Crippen LogP contribution in [0, 0.1) is 11.8 Å². The van der Waals surface area contributed by atoms with Gasteiger partial charge in [-0.1, -0.05) is 27.2 Å². The molecule has 1 aliphatic heterocycles. The second kappa shape index (κ2) is 11.1. The van der Waals surface area contributed by atoms with E-state index in [0.29, 0.717) is 19.1 Å². The summed E-state index contributed by atoms with van der Waals surface area (Å²) in [5.74, 6) is 2.21. The van der Waals surface area contributed by atoms with Gasteiger partial charge in [-0.3, -0.25) is 9.69 Å². The highest BCUT2D eigenvalue weighted by atomic mass is 16.5. The van der Waals surface area contributed by atoms with Crippen LogP contribution in [0.25, 0.3) is 0 Å². The van der Waals surface area contributed by atoms with Gasteiger partial charge < -0.3 is 14.8 Å². The molecular weight excluding hydrogens is 376 g/mol. The predicted octanol–water partition coefficient (Wildman–Crippen LogP) is 5.11. The fraction of sp³-hybridized carbons (Fsp3) is 0.720. The fourth-order valence-corrected chi connectivity index (χ4v) is 4.66. The topological polar surface area (TPSA) is 50.8 Å². The van der Waals surface area contributed by atoms with Crippen molar-refractivity contribution in [2.24, 2.45) is 11.8 Å². The summed E-state index contributed by atoms with van der Waals surface area (Å²) < 4.78 is 12.0. The minimum Gasteiger partial charge on any atom is -0.492 e. The number of nitrogens with one attached hydrogen (secondary N) is 1. The van der Waals surface area contributed by atoms with Crippen LogP contribution in [0.4, 0.5) is 5.69 Å². The van der Waals surface area contributed by atoms with E-state index in [1.807, 2.05) is 24.3 Å². The van der Waals surface area contributed by atoms with E-state index in [9.17, 15) is 4.79 Å². The number of carbonyl (C=O) groups is 1. The highest BCUT2D eigenvalue weighted by molar-refractivity contribution is 5.97. The zero-order valence-corrected chi connectivity index (χ0v) is 19.1. The molecule has 2 atom stereocenters. The van der Waals surface area contributed by atoms with E-state index < -0.39 is 5.60 Å². The van der Waals surface area contributed by atoms with Gasteiger partial charge >= 0.3 is 0 Å². The van der Waals surface area contributed by atoms with Crippen LogP contribution in [-0.4, -0.2) is 49.3 Å². The summed E-state index contributed by atoms with van der Waals surface area (Å²) in [6.45, 7) is 11.3. The Morgan fingerprint density at radius 2 is 1.83 bits per heavy atom. The molecule has 0 spiro atoms. The number of likely N-dealkylation sites (tertiary alicyclic amines) is 1. The van der Waals surface area contributed by atoms with E-state index in [-0.39, 0.29) is 5.91 Å². The highest BCUT2D eigenvalue weighted by Gasteiger charge is 2.42. The average molecular weight is 417 g/mol. The molecule has 1 amide bonds. The molecule has 1 aromatic carbocycles. The molecular formula is C25H40N2O3. The Balaban J connectivity index is 1.49. The number of benzene rings is 1. The number of hydrogen-bond acceptors (Lipinski definition) is 4. The molecule has 3 rings (SSSR count). The Morgan fingerprint density at radius 3 is 2.50 bits per heavy atom. The molecule has 0 unspecified atom stereocenters. The maximum atomic E-state index is 13.1. The van der Waals surface area contributed by atoms with E-state index >= 15 is 0 Å². The van der Waals surface area contributed by atoms with Crippen LogP contribution in [0.2, 0.25) is 0 Å². The highest BCUT2D eigenvalue weighted by Crippen LogP contribution is 2.36. The second-order valence-electron chi connectivity index (χ2n) is 9.40. The maximum absolute atomic E-state index is 13.1. The number of rotatable bonds is 9. The van der Waals surface area contributed by atoms with Crippen LogP contribution in [-0.2, 0) is 9.53 Å². The van der Waals surface area contributed by atoms with Crippen molar-refractivity contribution in [3.05, 3.63) is 24.3 Å². The number of anilines is 1. The summed E-state index contributed by atoms with van der Waals surface area (Å²) in [5, 5.41) is 3.09. The SMILES string of the molecule is CCCO[C@@]1(C(=O)Nc2ccc(OCCN3CCC(C)CC3)cc2)CCC[C@H](C)C1. The lowest BCUT2D eigenvalue weighted by molar-refractivity contribution is -0.148. The van der Waals surface area contributed by atoms with E-state index in [0.717, 1.165) is 49.6 Å². The largest absolute Gasteiger partial charge is 0.492 e. The van der Waals surface area contributed by atoms with Crippen LogP contribution in [0.3, 0.4) is 0 Å². The molecule has 0 radical (unpaired) electrons. The van der Waals surface area contributed by atoms with Crippen LogP contribution >= 0.6 is 0 Å². The van der Waals surface area contributed by atoms with Crippen molar-refractivity contribution in [2.45, 2.75) is 71.3 Å². The van der Waals surface area contributed by atoms with Crippen molar-refractivity contribution < 1.29 is 14.3 Å². The second-order valence-corrected chi connectivity index (χ2v) is 9.40. The maximum Gasteiger partial charge on any atom is 0.256 e. The first-order valence-electron chi connectivity index (χ1n) is 11.9. The molecule has 1 aromatic rings. The van der Waals surface area contributed by atoms with Crippen LogP contribution in [0.5, 0.6) is 5.75 Å². The summed E-state index contributed by atoms with van der Waals surface area (Å²) in [4.78, 5) is 15.6. The van der Waals surface area contributed by atoms with Crippen LogP contribution in [0.15, 0.2) is 24.3 Å².